The molecule has 2 heteroatoms. The summed E-state index contributed by atoms with van der Waals surface area (Å²) in [5.41, 5.74) is 3.47. The van der Waals surface area contributed by atoms with Crippen LogP contribution in [-0.2, 0) is 0 Å². The van der Waals surface area contributed by atoms with Gasteiger partial charge in [-0.2, -0.15) is 0 Å². The Balaban J connectivity index is 2.18. The van der Waals surface area contributed by atoms with E-state index in [0.717, 1.165) is 10.5 Å². The van der Waals surface area contributed by atoms with Crippen LogP contribution in [0.3, 0.4) is 0 Å². The molecule has 0 aliphatic carbocycles. The fourth-order valence-corrected chi connectivity index (χ4v) is 2.95. The summed E-state index contributed by atoms with van der Waals surface area (Å²) < 4.78 is 1.21. The summed E-state index contributed by atoms with van der Waals surface area (Å²) >= 11 is 1.70. The number of aromatic nitrogens is 1. The zero-order valence-electron chi connectivity index (χ0n) is 10.4. The molecule has 3 rings (SSSR count). The molecule has 1 aromatic heterocycles. The topological polar surface area (TPSA) is 12.9 Å². The van der Waals surface area contributed by atoms with E-state index in [-0.39, 0.29) is 0 Å². The second-order valence-electron chi connectivity index (χ2n) is 4.17. The normalized spacial score (nSPS) is 11.2. The first-order valence-electron chi connectivity index (χ1n) is 6.12. The third-order valence-corrected chi connectivity index (χ3v) is 3.88. The zero-order valence-corrected chi connectivity index (χ0v) is 11.2. The van der Waals surface area contributed by atoms with Crippen LogP contribution in [-0.4, -0.2) is 4.98 Å². The summed E-state index contributed by atoms with van der Waals surface area (Å²) in [6.07, 6.45) is 5.68. The summed E-state index contributed by atoms with van der Waals surface area (Å²) in [5, 5.41) is 1.01. The van der Waals surface area contributed by atoms with Crippen molar-refractivity contribution in [2.24, 2.45) is 0 Å². The Bertz CT molecular complexity index is 738. The summed E-state index contributed by atoms with van der Waals surface area (Å²) in [7, 11) is 0. The van der Waals surface area contributed by atoms with E-state index in [4.69, 9.17) is 4.98 Å². The standard InChI is InChI=1S/C17H13NS/c1-2-3-12-16-18-17-14(10-7-11-15(17)19-16)13-8-5-4-6-9-13/h2-12H,1H2. The monoisotopic (exact) mass is 263 g/mol. The smallest absolute Gasteiger partial charge is 0.117 e. The van der Waals surface area contributed by atoms with Crippen molar-refractivity contribution in [3.8, 4) is 11.1 Å². The average molecular weight is 263 g/mol. The van der Waals surface area contributed by atoms with Gasteiger partial charge in [0.1, 0.15) is 5.01 Å². The Morgan fingerprint density at radius 3 is 2.63 bits per heavy atom. The summed E-state index contributed by atoms with van der Waals surface area (Å²) in [6, 6.07) is 16.7. The van der Waals surface area contributed by atoms with E-state index in [0.29, 0.717) is 0 Å². The number of benzene rings is 2. The number of allylic oxidation sites excluding steroid dienone is 2. The van der Waals surface area contributed by atoms with Gasteiger partial charge in [-0.1, -0.05) is 61.2 Å². The van der Waals surface area contributed by atoms with Crippen LogP contribution < -0.4 is 0 Å². The molecule has 0 saturated carbocycles. The Kier molecular flexibility index (Phi) is 3.25. The molecule has 0 aliphatic rings. The SMILES string of the molecule is C=CC=Cc1nc2c(-c3ccccc3)cccc2s1. The lowest BCUT2D eigenvalue weighted by molar-refractivity contribution is 1.46. The average Bonchev–Trinajstić information content (AvgIpc) is 2.88. The minimum atomic E-state index is 1.01. The molecule has 92 valence electrons. The molecule has 0 bridgehead atoms. The first-order valence-corrected chi connectivity index (χ1v) is 6.94. The number of hydrogen-bond acceptors (Lipinski definition) is 2. The maximum Gasteiger partial charge on any atom is 0.117 e. The van der Waals surface area contributed by atoms with Crippen LogP contribution in [0, 0.1) is 0 Å². The van der Waals surface area contributed by atoms with Gasteiger partial charge >= 0.3 is 0 Å². The first-order chi connectivity index (χ1) is 9.38. The fraction of sp³-hybridized carbons (Fsp3) is 0. The molecule has 0 spiro atoms. The van der Waals surface area contributed by atoms with Gasteiger partial charge in [0.25, 0.3) is 0 Å². The molecule has 0 aliphatic heterocycles. The summed E-state index contributed by atoms with van der Waals surface area (Å²) in [4.78, 5) is 4.71. The second kappa shape index (κ2) is 5.21. The van der Waals surface area contributed by atoms with Crippen LogP contribution in [0.4, 0.5) is 0 Å². The molecular weight excluding hydrogens is 250 g/mol. The number of para-hydroxylation sites is 1. The van der Waals surface area contributed by atoms with Crippen molar-refractivity contribution in [2.45, 2.75) is 0 Å². The summed E-state index contributed by atoms with van der Waals surface area (Å²) in [6.45, 7) is 3.68. The molecule has 0 saturated heterocycles. The van der Waals surface area contributed by atoms with Crippen molar-refractivity contribution in [3.63, 3.8) is 0 Å². The van der Waals surface area contributed by atoms with E-state index >= 15 is 0 Å². The van der Waals surface area contributed by atoms with Gasteiger partial charge in [0, 0.05) is 5.56 Å². The van der Waals surface area contributed by atoms with Gasteiger partial charge in [-0.3, -0.25) is 0 Å². The van der Waals surface area contributed by atoms with Crippen LogP contribution in [0.1, 0.15) is 5.01 Å². The van der Waals surface area contributed by atoms with Crippen molar-refractivity contribution < 1.29 is 0 Å². The molecule has 0 amide bonds. The van der Waals surface area contributed by atoms with Crippen molar-refractivity contribution >= 4 is 27.6 Å². The molecular formula is C17H13NS. The lowest BCUT2D eigenvalue weighted by atomic mass is 10.1. The summed E-state index contributed by atoms with van der Waals surface area (Å²) in [5.74, 6) is 0. The highest BCUT2D eigenvalue weighted by Crippen LogP contribution is 2.31. The minimum absolute atomic E-state index is 1.01. The van der Waals surface area contributed by atoms with Gasteiger partial charge in [0.15, 0.2) is 0 Å². The van der Waals surface area contributed by atoms with Crippen molar-refractivity contribution in [1.29, 1.82) is 0 Å². The quantitative estimate of drug-likeness (QED) is 0.594. The lowest BCUT2D eigenvalue weighted by Crippen LogP contribution is -1.79. The van der Waals surface area contributed by atoms with Gasteiger partial charge in [0.2, 0.25) is 0 Å². The second-order valence-corrected chi connectivity index (χ2v) is 5.23. The van der Waals surface area contributed by atoms with Crippen molar-refractivity contribution in [3.05, 3.63) is 72.3 Å². The largest absolute Gasteiger partial charge is 0.236 e. The number of nitrogens with zero attached hydrogens (tertiary/aromatic N) is 1. The Morgan fingerprint density at radius 2 is 1.84 bits per heavy atom. The molecule has 0 unspecified atom stereocenters. The maximum atomic E-state index is 4.71. The highest BCUT2D eigenvalue weighted by molar-refractivity contribution is 7.19. The zero-order chi connectivity index (χ0) is 13.1. The highest BCUT2D eigenvalue weighted by Gasteiger charge is 2.07. The Morgan fingerprint density at radius 1 is 1.00 bits per heavy atom. The van der Waals surface area contributed by atoms with Gasteiger partial charge in [-0.05, 0) is 17.7 Å². The fourth-order valence-electron chi connectivity index (χ4n) is 2.04. The predicted octanol–water partition coefficient (Wildman–Crippen LogP) is 5.16. The van der Waals surface area contributed by atoms with Gasteiger partial charge in [-0.15, -0.1) is 11.3 Å². The third-order valence-electron chi connectivity index (χ3n) is 2.90. The Labute approximate surface area is 116 Å². The molecule has 1 heterocycles. The number of fused-ring (bicyclic) bond motifs is 1. The van der Waals surface area contributed by atoms with Crippen LogP contribution in [0.25, 0.3) is 27.4 Å². The molecule has 0 atom stereocenters. The number of hydrogen-bond donors (Lipinski definition) is 0. The molecule has 2 aromatic carbocycles. The van der Waals surface area contributed by atoms with E-state index in [1.54, 1.807) is 17.4 Å². The van der Waals surface area contributed by atoms with Crippen molar-refractivity contribution in [2.75, 3.05) is 0 Å². The number of rotatable bonds is 3. The molecule has 19 heavy (non-hydrogen) atoms. The van der Waals surface area contributed by atoms with Gasteiger partial charge in [-0.25, -0.2) is 4.98 Å². The van der Waals surface area contributed by atoms with E-state index in [2.05, 4.69) is 49.0 Å². The Hall–Kier alpha value is -2.19. The number of thiazole rings is 1. The van der Waals surface area contributed by atoms with Gasteiger partial charge in [0.05, 0.1) is 10.2 Å². The molecule has 0 radical (unpaired) electrons. The van der Waals surface area contributed by atoms with E-state index in [1.165, 1.54) is 15.8 Å². The maximum absolute atomic E-state index is 4.71. The molecule has 1 nitrogen and oxygen atoms in total. The van der Waals surface area contributed by atoms with Crippen LogP contribution in [0.15, 0.2) is 67.3 Å². The van der Waals surface area contributed by atoms with Crippen LogP contribution in [0.5, 0.6) is 0 Å². The van der Waals surface area contributed by atoms with E-state index in [9.17, 15) is 0 Å². The van der Waals surface area contributed by atoms with Crippen molar-refractivity contribution in [1.82, 2.24) is 4.98 Å². The third kappa shape index (κ3) is 2.35. The van der Waals surface area contributed by atoms with Crippen LogP contribution >= 0.6 is 11.3 Å². The first kappa shape index (κ1) is 11.9. The van der Waals surface area contributed by atoms with Crippen LogP contribution in [0.2, 0.25) is 0 Å². The lowest BCUT2D eigenvalue weighted by Gasteiger charge is -2.01. The minimum Gasteiger partial charge on any atom is -0.236 e. The van der Waals surface area contributed by atoms with Gasteiger partial charge < -0.3 is 0 Å². The molecule has 0 N–H and O–H groups in total. The predicted molar refractivity (Wildman–Crippen MR) is 84.3 cm³/mol. The highest BCUT2D eigenvalue weighted by atomic mass is 32.1. The molecule has 0 fully saturated rings. The molecule has 3 aromatic rings. The van der Waals surface area contributed by atoms with E-state index < -0.39 is 0 Å². The van der Waals surface area contributed by atoms with E-state index in [1.807, 2.05) is 18.2 Å².